The summed E-state index contributed by atoms with van der Waals surface area (Å²) >= 11 is 9.52. The Morgan fingerprint density at radius 3 is 2.94 bits per heavy atom. The van der Waals surface area contributed by atoms with Gasteiger partial charge in [-0.25, -0.2) is 4.39 Å². The van der Waals surface area contributed by atoms with E-state index < -0.39 is 0 Å². The SMILES string of the molecule is Fc1ccc(Br)cc1C1=CC(Cl)CCCC1. The highest BCUT2D eigenvalue weighted by atomic mass is 79.9. The molecule has 1 aromatic carbocycles. The van der Waals surface area contributed by atoms with Crippen molar-refractivity contribution in [2.45, 2.75) is 31.1 Å². The van der Waals surface area contributed by atoms with Gasteiger partial charge in [0, 0.05) is 10.0 Å². The molecule has 16 heavy (non-hydrogen) atoms. The lowest BCUT2D eigenvalue weighted by Crippen LogP contribution is -1.93. The second-order valence-electron chi connectivity index (χ2n) is 4.08. The molecule has 0 amide bonds. The second kappa shape index (κ2) is 5.33. The average molecular weight is 304 g/mol. The largest absolute Gasteiger partial charge is 0.206 e. The van der Waals surface area contributed by atoms with Crippen molar-refractivity contribution in [3.63, 3.8) is 0 Å². The summed E-state index contributed by atoms with van der Waals surface area (Å²) in [5.74, 6) is -0.166. The Bertz CT molecular complexity index is 414. The Balaban J connectivity index is 2.38. The van der Waals surface area contributed by atoms with Gasteiger partial charge in [0.1, 0.15) is 5.82 Å². The standard InChI is InChI=1S/C13H13BrClF/c14-10-5-6-13(16)12(8-10)9-3-1-2-4-11(15)7-9/h5-8,11H,1-4H2. The summed E-state index contributed by atoms with van der Waals surface area (Å²) in [5, 5.41) is 0.0379. The van der Waals surface area contributed by atoms with Crippen LogP contribution in [0.2, 0.25) is 0 Å². The van der Waals surface area contributed by atoms with E-state index >= 15 is 0 Å². The lowest BCUT2D eigenvalue weighted by Gasteiger charge is -2.08. The minimum absolute atomic E-state index is 0.0379. The number of allylic oxidation sites excluding steroid dienone is 2. The van der Waals surface area contributed by atoms with E-state index in [-0.39, 0.29) is 11.2 Å². The Hall–Kier alpha value is -0.340. The minimum Gasteiger partial charge on any atom is -0.206 e. The molecule has 3 heteroatoms. The van der Waals surface area contributed by atoms with Crippen molar-refractivity contribution in [2.75, 3.05) is 0 Å². The van der Waals surface area contributed by atoms with Gasteiger partial charge in [-0.1, -0.05) is 28.4 Å². The monoisotopic (exact) mass is 302 g/mol. The zero-order chi connectivity index (χ0) is 11.5. The first-order valence-corrected chi connectivity index (χ1v) is 6.70. The van der Waals surface area contributed by atoms with E-state index in [9.17, 15) is 4.39 Å². The topological polar surface area (TPSA) is 0 Å². The van der Waals surface area contributed by atoms with E-state index in [1.165, 1.54) is 6.07 Å². The van der Waals surface area contributed by atoms with Crippen LogP contribution in [0.5, 0.6) is 0 Å². The third-order valence-electron chi connectivity index (χ3n) is 2.83. The van der Waals surface area contributed by atoms with Crippen molar-refractivity contribution in [3.8, 4) is 0 Å². The van der Waals surface area contributed by atoms with E-state index in [2.05, 4.69) is 15.9 Å². The van der Waals surface area contributed by atoms with Crippen LogP contribution >= 0.6 is 27.5 Å². The Kier molecular flexibility index (Phi) is 4.04. The van der Waals surface area contributed by atoms with Crippen molar-refractivity contribution in [2.24, 2.45) is 0 Å². The van der Waals surface area contributed by atoms with Gasteiger partial charge >= 0.3 is 0 Å². The maximum absolute atomic E-state index is 13.7. The molecule has 0 saturated carbocycles. The smallest absolute Gasteiger partial charge is 0.130 e. The molecule has 0 nitrogen and oxygen atoms in total. The summed E-state index contributed by atoms with van der Waals surface area (Å²) in [7, 11) is 0. The van der Waals surface area contributed by atoms with Gasteiger partial charge in [-0.3, -0.25) is 0 Å². The van der Waals surface area contributed by atoms with Gasteiger partial charge in [0.15, 0.2) is 0 Å². The van der Waals surface area contributed by atoms with Gasteiger partial charge in [-0.2, -0.15) is 0 Å². The maximum Gasteiger partial charge on any atom is 0.130 e. The summed E-state index contributed by atoms with van der Waals surface area (Å²) in [6.45, 7) is 0. The van der Waals surface area contributed by atoms with Crippen molar-refractivity contribution in [3.05, 3.63) is 40.1 Å². The maximum atomic E-state index is 13.7. The molecule has 2 rings (SSSR count). The molecular formula is C13H13BrClF. The first-order valence-electron chi connectivity index (χ1n) is 5.47. The van der Waals surface area contributed by atoms with E-state index in [1.54, 1.807) is 6.07 Å². The highest BCUT2D eigenvalue weighted by Gasteiger charge is 2.14. The lowest BCUT2D eigenvalue weighted by molar-refractivity contribution is 0.622. The van der Waals surface area contributed by atoms with Crippen molar-refractivity contribution >= 4 is 33.1 Å². The number of hydrogen-bond acceptors (Lipinski definition) is 0. The van der Waals surface area contributed by atoms with E-state index in [1.807, 2.05) is 12.1 Å². The van der Waals surface area contributed by atoms with Gasteiger partial charge in [0.05, 0.1) is 5.38 Å². The number of hydrogen-bond donors (Lipinski definition) is 0. The van der Waals surface area contributed by atoms with Gasteiger partial charge in [-0.15, -0.1) is 11.6 Å². The zero-order valence-electron chi connectivity index (χ0n) is 8.85. The molecule has 1 atom stereocenters. The van der Waals surface area contributed by atoms with Gasteiger partial charge in [-0.05, 0) is 43.0 Å². The number of benzene rings is 1. The summed E-state index contributed by atoms with van der Waals surface area (Å²) in [4.78, 5) is 0. The van der Waals surface area contributed by atoms with E-state index in [0.717, 1.165) is 35.7 Å². The summed E-state index contributed by atoms with van der Waals surface area (Å²) in [6.07, 6.45) is 6.10. The van der Waals surface area contributed by atoms with Crippen molar-refractivity contribution in [1.82, 2.24) is 0 Å². The molecule has 1 aliphatic rings. The molecule has 0 bridgehead atoms. The molecule has 1 aliphatic carbocycles. The molecule has 0 spiro atoms. The molecule has 1 aromatic rings. The quantitative estimate of drug-likeness (QED) is 0.629. The van der Waals surface area contributed by atoms with Crippen molar-refractivity contribution in [1.29, 1.82) is 0 Å². The fourth-order valence-corrected chi connectivity index (χ4v) is 2.68. The van der Waals surface area contributed by atoms with Crippen LogP contribution in [0.3, 0.4) is 0 Å². The van der Waals surface area contributed by atoms with Gasteiger partial charge in [0.25, 0.3) is 0 Å². The van der Waals surface area contributed by atoms with Crippen LogP contribution in [0.25, 0.3) is 5.57 Å². The number of alkyl halides is 1. The Labute approximate surface area is 109 Å². The first kappa shape index (κ1) is 12.1. The normalized spacial score (nSPS) is 21.4. The molecule has 0 heterocycles. The van der Waals surface area contributed by atoms with Gasteiger partial charge in [0.2, 0.25) is 0 Å². The predicted octanol–water partition coefficient (Wildman–Crippen LogP) is 5.15. The summed E-state index contributed by atoms with van der Waals surface area (Å²) < 4.78 is 14.6. The van der Waals surface area contributed by atoms with Crippen LogP contribution in [0, 0.1) is 5.82 Å². The van der Waals surface area contributed by atoms with Crippen LogP contribution in [-0.2, 0) is 0 Å². The summed E-state index contributed by atoms with van der Waals surface area (Å²) in [6, 6.07) is 5.04. The number of halogens is 3. The molecular weight excluding hydrogens is 290 g/mol. The third kappa shape index (κ3) is 2.86. The minimum atomic E-state index is -0.166. The molecule has 0 N–H and O–H groups in total. The lowest BCUT2D eigenvalue weighted by atomic mass is 10.0. The van der Waals surface area contributed by atoms with Crippen molar-refractivity contribution < 1.29 is 4.39 Å². The van der Waals surface area contributed by atoms with E-state index in [0.29, 0.717) is 5.56 Å². The van der Waals surface area contributed by atoms with Crippen LogP contribution in [0.4, 0.5) is 4.39 Å². The third-order valence-corrected chi connectivity index (χ3v) is 3.67. The second-order valence-corrected chi connectivity index (χ2v) is 5.55. The highest BCUT2D eigenvalue weighted by molar-refractivity contribution is 9.10. The summed E-state index contributed by atoms with van der Waals surface area (Å²) in [5.41, 5.74) is 1.72. The zero-order valence-corrected chi connectivity index (χ0v) is 11.2. The van der Waals surface area contributed by atoms with E-state index in [4.69, 9.17) is 11.6 Å². The van der Waals surface area contributed by atoms with Crippen LogP contribution in [0.1, 0.15) is 31.2 Å². The van der Waals surface area contributed by atoms with Crippen LogP contribution < -0.4 is 0 Å². The molecule has 0 aliphatic heterocycles. The van der Waals surface area contributed by atoms with Gasteiger partial charge < -0.3 is 0 Å². The van der Waals surface area contributed by atoms with Crippen LogP contribution in [-0.4, -0.2) is 5.38 Å². The molecule has 0 fully saturated rings. The molecule has 1 unspecified atom stereocenters. The fourth-order valence-electron chi connectivity index (χ4n) is 2.01. The molecule has 0 radical (unpaired) electrons. The predicted molar refractivity (Wildman–Crippen MR) is 70.2 cm³/mol. The number of rotatable bonds is 1. The Morgan fingerprint density at radius 1 is 1.31 bits per heavy atom. The molecule has 0 saturated heterocycles. The molecule has 0 aromatic heterocycles. The first-order chi connectivity index (χ1) is 7.66. The molecule has 86 valence electrons. The Morgan fingerprint density at radius 2 is 2.12 bits per heavy atom. The average Bonchev–Trinajstić information content (AvgIpc) is 2.46. The fraction of sp³-hybridized carbons (Fsp3) is 0.385. The highest BCUT2D eigenvalue weighted by Crippen LogP contribution is 2.31. The van der Waals surface area contributed by atoms with Crippen LogP contribution in [0.15, 0.2) is 28.7 Å².